The first-order valence-corrected chi connectivity index (χ1v) is 18.3. The van der Waals surface area contributed by atoms with Gasteiger partial charge in [0.1, 0.15) is 10.7 Å². The third kappa shape index (κ3) is 9.70. The molecule has 4 aromatic rings. The second-order valence-electron chi connectivity index (χ2n) is 11.9. The summed E-state index contributed by atoms with van der Waals surface area (Å²) in [5, 5.41) is 8.74. The van der Waals surface area contributed by atoms with Crippen molar-refractivity contribution in [3.63, 3.8) is 0 Å². The lowest BCUT2D eigenvalue weighted by Gasteiger charge is -2.14. The van der Waals surface area contributed by atoms with Crippen LogP contribution in [0.2, 0.25) is 0 Å². The van der Waals surface area contributed by atoms with Gasteiger partial charge in [-0.2, -0.15) is 0 Å². The van der Waals surface area contributed by atoms with E-state index in [-0.39, 0.29) is 18.2 Å². The summed E-state index contributed by atoms with van der Waals surface area (Å²) < 4.78 is 5.40. The van der Waals surface area contributed by atoms with Crippen molar-refractivity contribution in [2.24, 2.45) is 0 Å². The predicted octanol–water partition coefficient (Wildman–Crippen LogP) is 8.42. The second kappa shape index (κ2) is 17.1. The van der Waals surface area contributed by atoms with Gasteiger partial charge in [0.2, 0.25) is 5.91 Å². The quantitative estimate of drug-likeness (QED) is 0.0825. The Morgan fingerprint density at radius 1 is 0.898 bits per heavy atom. The van der Waals surface area contributed by atoms with E-state index in [9.17, 15) is 19.2 Å². The number of hydrogen-bond donors (Lipinski definition) is 3. The number of aryl methyl sites for hydroxylation is 2. The van der Waals surface area contributed by atoms with Gasteiger partial charge in [0.15, 0.2) is 0 Å². The number of hydrogen-bond acceptors (Lipinski definition) is 7. The van der Waals surface area contributed by atoms with Crippen LogP contribution >= 0.6 is 23.1 Å². The lowest BCUT2D eigenvalue weighted by Crippen LogP contribution is -2.30. The van der Waals surface area contributed by atoms with E-state index in [1.807, 2.05) is 43.3 Å². The van der Waals surface area contributed by atoms with Gasteiger partial charge in [-0.05, 0) is 94.0 Å². The maximum absolute atomic E-state index is 13.6. The van der Waals surface area contributed by atoms with Crippen molar-refractivity contribution in [1.29, 1.82) is 0 Å². The van der Waals surface area contributed by atoms with Gasteiger partial charge in [-0.25, -0.2) is 4.79 Å². The van der Waals surface area contributed by atoms with Crippen LogP contribution in [0.1, 0.15) is 81.8 Å². The highest BCUT2D eigenvalue weighted by molar-refractivity contribution is 8.00. The minimum Gasteiger partial charge on any atom is -0.462 e. The summed E-state index contributed by atoms with van der Waals surface area (Å²) in [6.07, 6.45) is 7.69. The Labute approximate surface area is 295 Å². The first-order chi connectivity index (χ1) is 23.7. The maximum Gasteiger partial charge on any atom is 0.341 e. The van der Waals surface area contributed by atoms with E-state index in [0.29, 0.717) is 21.8 Å². The van der Waals surface area contributed by atoms with Crippen LogP contribution in [-0.2, 0) is 27.2 Å². The zero-order valence-corrected chi connectivity index (χ0v) is 29.6. The number of fused-ring (bicyclic) bond motifs is 1. The average molecular weight is 696 g/mol. The number of anilines is 2. The van der Waals surface area contributed by atoms with Crippen molar-refractivity contribution in [3.05, 3.63) is 117 Å². The molecule has 254 valence electrons. The average Bonchev–Trinajstić information content (AvgIpc) is 3.40. The SMILES string of the molecule is CCOC(=O)c1c(NC(=O)C(C)Sc2cccc(NC(=O)/C(=C\c3cccc(C)c3)NC(=O)c3ccccc3)c2)sc2c1CCCCCC2. The normalized spacial score (nSPS) is 13.7. The topological polar surface area (TPSA) is 114 Å². The van der Waals surface area contributed by atoms with Crippen LogP contribution in [0.25, 0.3) is 6.08 Å². The van der Waals surface area contributed by atoms with Crippen molar-refractivity contribution < 1.29 is 23.9 Å². The van der Waals surface area contributed by atoms with Crippen LogP contribution in [-0.4, -0.2) is 35.5 Å². The van der Waals surface area contributed by atoms with E-state index in [1.54, 1.807) is 62.4 Å². The van der Waals surface area contributed by atoms with E-state index in [2.05, 4.69) is 16.0 Å². The molecule has 3 aromatic carbocycles. The molecular formula is C39H41N3O5S2. The van der Waals surface area contributed by atoms with E-state index in [1.165, 1.54) is 23.1 Å². The zero-order valence-electron chi connectivity index (χ0n) is 28.0. The minimum absolute atomic E-state index is 0.0905. The molecule has 1 aromatic heterocycles. The molecule has 0 radical (unpaired) electrons. The molecule has 3 amide bonds. The highest BCUT2D eigenvalue weighted by Crippen LogP contribution is 2.38. The largest absolute Gasteiger partial charge is 0.462 e. The summed E-state index contributed by atoms with van der Waals surface area (Å²) >= 11 is 2.82. The second-order valence-corrected chi connectivity index (χ2v) is 14.4. The molecule has 0 spiro atoms. The Balaban J connectivity index is 1.30. The first kappa shape index (κ1) is 35.6. The number of carbonyl (C=O) groups excluding carboxylic acids is 4. The van der Waals surface area contributed by atoms with E-state index >= 15 is 0 Å². The zero-order chi connectivity index (χ0) is 34.8. The van der Waals surface area contributed by atoms with Crippen molar-refractivity contribution in [2.45, 2.75) is 69.4 Å². The van der Waals surface area contributed by atoms with Gasteiger partial charge >= 0.3 is 5.97 Å². The molecule has 1 aliphatic rings. The maximum atomic E-state index is 13.6. The fraction of sp³-hybridized carbons (Fsp3) is 0.282. The Kier molecular flexibility index (Phi) is 12.5. The number of amides is 3. The van der Waals surface area contributed by atoms with Crippen molar-refractivity contribution in [2.75, 3.05) is 17.2 Å². The van der Waals surface area contributed by atoms with Crippen molar-refractivity contribution in [1.82, 2.24) is 5.32 Å². The molecule has 1 unspecified atom stereocenters. The number of benzene rings is 3. The number of carbonyl (C=O) groups is 4. The van der Waals surface area contributed by atoms with Gasteiger partial charge in [0, 0.05) is 21.0 Å². The number of ether oxygens (including phenoxy) is 1. The molecule has 8 nitrogen and oxygen atoms in total. The van der Waals surface area contributed by atoms with Gasteiger partial charge in [0.05, 0.1) is 17.4 Å². The Morgan fingerprint density at radius 2 is 1.65 bits per heavy atom. The monoisotopic (exact) mass is 695 g/mol. The fourth-order valence-corrected chi connectivity index (χ4v) is 7.82. The minimum atomic E-state index is -0.507. The van der Waals surface area contributed by atoms with Gasteiger partial charge < -0.3 is 20.7 Å². The smallest absolute Gasteiger partial charge is 0.341 e. The third-order valence-corrected chi connectivity index (χ3v) is 10.3. The van der Waals surface area contributed by atoms with Crippen LogP contribution in [0.4, 0.5) is 10.7 Å². The number of thiophene rings is 1. The molecule has 3 N–H and O–H groups in total. The summed E-state index contributed by atoms with van der Waals surface area (Å²) in [5.74, 6) is -1.51. The summed E-state index contributed by atoms with van der Waals surface area (Å²) in [6.45, 7) is 5.81. The Morgan fingerprint density at radius 3 is 2.41 bits per heavy atom. The van der Waals surface area contributed by atoms with Gasteiger partial charge in [0.25, 0.3) is 11.8 Å². The molecule has 49 heavy (non-hydrogen) atoms. The summed E-state index contributed by atoms with van der Waals surface area (Å²) in [6, 6.07) is 23.6. The highest BCUT2D eigenvalue weighted by Gasteiger charge is 2.27. The number of thioether (sulfide) groups is 1. The molecule has 5 rings (SSSR count). The fourth-order valence-electron chi connectivity index (χ4n) is 5.61. The first-order valence-electron chi connectivity index (χ1n) is 16.6. The molecule has 1 atom stereocenters. The third-order valence-electron chi connectivity index (χ3n) is 8.04. The predicted molar refractivity (Wildman–Crippen MR) is 198 cm³/mol. The van der Waals surface area contributed by atoms with Gasteiger partial charge in [-0.1, -0.05) is 66.9 Å². The van der Waals surface area contributed by atoms with E-state index in [4.69, 9.17) is 4.74 Å². The van der Waals surface area contributed by atoms with Crippen LogP contribution in [0.15, 0.2) is 89.5 Å². The lowest BCUT2D eigenvalue weighted by atomic mass is 9.96. The molecule has 0 bridgehead atoms. The van der Waals surface area contributed by atoms with Crippen LogP contribution in [0.5, 0.6) is 0 Å². The van der Waals surface area contributed by atoms with Gasteiger partial charge in [-0.3, -0.25) is 14.4 Å². The highest BCUT2D eigenvalue weighted by atomic mass is 32.2. The molecule has 0 fully saturated rings. The van der Waals surface area contributed by atoms with Crippen LogP contribution in [0.3, 0.4) is 0 Å². The molecule has 0 saturated heterocycles. The lowest BCUT2D eigenvalue weighted by molar-refractivity contribution is -0.115. The molecule has 1 heterocycles. The molecule has 1 aliphatic carbocycles. The molecule has 10 heteroatoms. The van der Waals surface area contributed by atoms with Crippen molar-refractivity contribution in [3.8, 4) is 0 Å². The number of esters is 1. The van der Waals surface area contributed by atoms with Crippen LogP contribution < -0.4 is 16.0 Å². The number of nitrogens with one attached hydrogen (secondary N) is 3. The summed E-state index contributed by atoms with van der Waals surface area (Å²) in [4.78, 5) is 55.0. The van der Waals surface area contributed by atoms with E-state index in [0.717, 1.165) is 65.0 Å². The summed E-state index contributed by atoms with van der Waals surface area (Å²) in [7, 11) is 0. The van der Waals surface area contributed by atoms with Crippen molar-refractivity contribution >= 4 is 63.6 Å². The van der Waals surface area contributed by atoms with Crippen LogP contribution in [0, 0.1) is 6.92 Å². The summed E-state index contributed by atoms with van der Waals surface area (Å²) in [5.41, 5.74) is 4.33. The standard InChI is InChI=1S/C39H41N3O5S2/c1-4-47-39(46)34-31-20-10-5-6-11-21-33(31)49-38(34)42-35(43)26(3)48-30-19-13-18-29(24-30)40-37(45)32(23-27-15-12-14-25(2)22-27)41-36(44)28-16-8-7-9-17-28/h7-9,12-19,22-24,26H,4-6,10-11,20-21H2,1-3H3,(H,40,45)(H,41,44)(H,42,43)/b32-23+. The Bertz CT molecular complexity index is 1850. The molecule has 0 aliphatic heterocycles. The van der Waals surface area contributed by atoms with E-state index < -0.39 is 23.0 Å². The molecular weight excluding hydrogens is 655 g/mol. The van der Waals surface area contributed by atoms with Gasteiger partial charge in [-0.15, -0.1) is 23.1 Å². The number of rotatable bonds is 11. The Hall–Kier alpha value is -4.67. The molecule has 0 saturated carbocycles.